The number of carbonyl (C=O) groups excluding carboxylic acids is 1. The molecule has 2 aromatic rings. The number of nitrogen functional groups attached to an aromatic ring is 1. The summed E-state index contributed by atoms with van der Waals surface area (Å²) in [7, 11) is 0. The predicted octanol–water partition coefficient (Wildman–Crippen LogP) is 2.75. The molecule has 4 nitrogen and oxygen atoms in total. The van der Waals surface area contributed by atoms with Gasteiger partial charge in [-0.2, -0.15) is 0 Å². The largest absolute Gasteiger partial charge is 0.397 e. The van der Waals surface area contributed by atoms with Crippen LogP contribution in [-0.4, -0.2) is 28.9 Å². The molecule has 0 aromatic carbocycles. The third-order valence-electron chi connectivity index (χ3n) is 2.86. The summed E-state index contributed by atoms with van der Waals surface area (Å²) in [6.07, 6.45) is 2.67. The molecule has 0 fully saturated rings. The van der Waals surface area contributed by atoms with Gasteiger partial charge in [0.2, 0.25) is 0 Å². The Labute approximate surface area is 110 Å². The summed E-state index contributed by atoms with van der Waals surface area (Å²) >= 11 is 1.37. The van der Waals surface area contributed by atoms with E-state index >= 15 is 0 Å². The Balaban J connectivity index is 2.41. The minimum Gasteiger partial charge on any atom is -0.397 e. The molecule has 0 radical (unpaired) electrons. The first kappa shape index (κ1) is 12.8. The van der Waals surface area contributed by atoms with Crippen molar-refractivity contribution in [3.8, 4) is 0 Å². The Morgan fingerprint density at radius 2 is 2.28 bits per heavy atom. The van der Waals surface area contributed by atoms with Crippen LogP contribution in [0.1, 0.15) is 29.9 Å². The first-order valence-electron chi connectivity index (χ1n) is 6.11. The number of rotatable bonds is 4. The van der Waals surface area contributed by atoms with Gasteiger partial charge < -0.3 is 10.6 Å². The average Bonchev–Trinajstić information content (AvgIpc) is 2.73. The fourth-order valence-electron chi connectivity index (χ4n) is 1.93. The van der Waals surface area contributed by atoms with Crippen LogP contribution in [0.2, 0.25) is 0 Å². The van der Waals surface area contributed by atoms with Crippen molar-refractivity contribution < 1.29 is 4.79 Å². The smallest absolute Gasteiger partial charge is 0.266 e. The summed E-state index contributed by atoms with van der Waals surface area (Å²) in [6.45, 7) is 5.51. The number of nitrogens with two attached hydrogens (primary N) is 1. The summed E-state index contributed by atoms with van der Waals surface area (Å²) in [4.78, 5) is 19.9. The lowest BCUT2D eigenvalue weighted by atomic mass is 10.2. The van der Waals surface area contributed by atoms with Crippen LogP contribution >= 0.6 is 11.3 Å². The van der Waals surface area contributed by atoms with E-state index in [9.17, 15) is 4.79 Å². The number of aromatic nitrogens is 1. The molecule has 0 aliphatic rings. The van der Waals surface area contributed by atoms with E-state index in [4.69, 9.17) is 5.73 Å². The number of amides is 1. The first-order valence-corrected chi connectivity index (χ1v) is 6.92. The van der Waals surface area contributed by atoms with Crippen LogP contribution in [0.3, 0.4) is 0 Å². The molecule has 5 heteroatoms. The summed E-state index contributed by atoms with van der Waals surface area (Å²) in [5.41, 5.74) is 6.61. The fraction of sp³-hybridized carbons (Fsp3) is 0.385. The van der Waals surface area contributed by atoms with Crippen LogP contribution in [0.25, 0.3) is 10.2 Å². The lowest BCUT2D eigenvalue weighted by Crippen LogP contribution is -2.31. The van der Waals surface area contributed by atoms with Crippen LogP contribution in [0.5, 0.6) is 0 Å². The molecule has 0 bridgehead atoms. The Morgan fingerprint density at radius 1 is 1.50 bits per heavy atom. The molecule has 0 spiro atoms. The number of fused-ring (bicyclic) bond motifs is 1. The fourth-order valence-corrected chi connectivity index (χ4v) is 2.96. The summed E-state index contributed by atoms with van der Waals surface area (Å²) < 4.78 is 0. The molecule has 0 unspecified atom stereocenters. The SMILES string of the molecule is CCCN(CC)C(=O)c1sc2ncccc2c1N. The van der Waals surface area contributed by atoms with Gasteiger partial charge in [0, 0.05) is 24.7 Å². The van der Waals surface area contributed by atoms with Crippen molar-refractivity contribution in [1.82, 2.24) is 9.88 Å². The minimum atomic E-state index is 0.0138. The topological polar surface area (TPSA) is 59.2 Å². The van der Waals surface area contributed by atoms with Crippen molar-refractivity contribution in [2.24, 2.45) is 0 Å². The Kier molecular flexibility index (Phi) is 3.81. The summed E-state index contributed by atoms with van der Waals surface area (Å²) in [5.74, 6) is 0.0138. The normalized spacial score (nSPS) is 10.8. The lowest BCUT2D eigenvalue weighted by Gasteiger charge is -2.19. The van der Waals surface area contributed by atoms with E-state index in [1.165, 1.54) is 11.3 Å². The molecule has 0 aliphatic carbocycles. The highest BCUT2D eigenvalue weighted by molar-refractivity contribution is 7.21. The zero-order valence-corrected chi connectivity index (χ0v) is 11.5. The van der Waals surface area contributed by atoms with Gasteiger partial charge in [-0.25, -0.2) is 4.98 Å². The highest BCUT2D eigenvalue weighted by Gasteiger charge is 2.20. The number of carbonyl (C=O) groups is 1. The quantitative estimate of drug-likeness (QED) is 0.922. The van der Waals surface area contributed by atoms with E-state index in [1.807, 2.05) is 24.0 Å². The zero-order chi connectivity index (χ0) is 13.1. The van der Waals surface area contributed by atoms with Crippen LogP contribution in [0, 0.1) is 0 Å². The molecule has 2 aromatic heterocycles. The number of hydrogen-bond donors (Lipinski definition) is 1. The number of hydrogen-bond acceptors (Lipinski definition) is 4. The maximum absolute atomic E-state index is 12.4. The van der Waals surface area contributed by atoms with Crippen molar-refractivity contribution >= 4 is 33.1 Å². The van der Waals surface area contributed by atoms with Crippen molar-refractivity contribution in [1.29, 1.82) is 0 Å². The van der Waals surface area contributed by atoms with E-state index in [-0.39, 0.29) is 5.91 Å². The van der Waals surface area contributed by atoms with Gasteiger partial charge in [0.15, 0.2) is 0 Å². The molecule has 2 N–H and O–H groups in total. The number of thiophene rings is 1. The minimum absolute atomic E-state index is 0.0138. The van der Waals surface area contributed by atoms with Gasteiger partial charge in [-0.15, -0.1) is 11.3 Å². The van der Waals surface area contributed by atoms with Crippen LogP contribution < -0.4 is 5.73 Å². The maximum atomic E-state index is 12.4. The third kappa shape index (κ3) is 2.18. The number of anilines is 1. The van der Waals surface area contributed by atoms with E-state index < -0.39 is 0 Å². The molecule has 0 saturated carbocycles. The molecule has 0 aliphatic heterocycles. The summed E-state index contributed by atoms with van der Waals surface area (Å²) in [5, 5.41) is 0.874. The highest BCUT2D eigenvalue weighted by atomic mass is 32.1. The average molecular weight is 263 g/mol. The predicted molar refractivity (Wildman–Crippen MR) is 75.9 cm³/mol. The van der Waals surface area contributed by atoms with Gasteiger partial charge in [0.25, 0.3) is 5.91 Å². The number of pyridine rings is 1. The molecular formula is C13H17N3OS. The van der Waals surface area contributed by atoms with Crippen molar-refractivity contribution in [3.63, 3.8) is 0 Å². The van der Waals surface area contributed by atoms with E-state index in [2.05, 4.69) is 11.9 Å². The van der Waals surface area contributed by atoms with Gasteiger partial charge in [0.05, 0.1) is 5.69 Å². The summed E-state index contributed by atoms with van der Waals surface area (Å²) in [6, 6.07) is 3.74. The molecule has 0 saturated heterocycles. The lowest BCUT2D eigenvalue weighted by molar-refractivity contribution is 0.0770. The van der Waals surface area contributed by atoms with Crippen molar-refractivity contribution in [2.45, 2.75) is 20.3 Å². The maximum Gasteiger partial charge on any atom is 0.266 e. The van der Waals surface area contributed by atoms with Gasteiger partial charge in [-0.1, -0.05) is 6.92 Å². The standard InChI is InChI=1S/C13H17N3OS/c1-3-8-16(4-2)13(17)11-10(14)9-6-5-7-15-12(9)18-11/h5-7H,3-4,8,14H2,1-2H3. The van der Waals surface area contributed by atoms with Crippen molar-refractivity contribution in [3.05, 3.63) is 23.2 Å². The van der Waals surface area contributed by atoms with E-state index in [1.54, 1.807) is 6.20 Å². The second-order valence-electron chi connectivity index (χ2n) is 4.09. The second kappa shape index (κ2) is 5.35. The van der Waals surface area contributed by atoms with Crippen LogP contribution in [-0.2, 0) is 0 Å². The van der Waals surface area contributed by atoms with Gasteiger partial charge in [-0.05, 0) is 25.5 Å². The Bertz CT molecular complexity index is 564. The van der Waals surface area contributed by atoms with Crippen molar-refractivity contribution in [2.75, 3.05) is 18.8 Å². The van der Waals surface area contributed by atoms with E-state index in [0.29, 0.717) is 17.1 Å². The molecular weight excluding hydrogens is 246 g/mol. The molecule has 96 valence electrons. The highest BCUT2D eigenvalue weighted by Crippen LogP contribution is 2.32. The van der Waals surface area contributed by atoms with Crippen LogP contribution in [0.4, 0.5) is 5.69 Å². The second-order valence-corrected chi connectivity index (χ2v) is 5.08. The number of nitrogens with zero attached hydrogens (tertiary/aromatic N) is 2. The Hall–Kier alpha value is -1.62. The first-order chi connectivity index (χ1) is 8.69. The molecule has 1 amide bonds. The molecule has 2 rings (SSSR count). The van der Waals surface area contributed by atoms with Gasteiger partial charge >= 0.3 is 0 Å². The molecule has 0 atom stereocenters. The molecule has 2 heterocycles. The zero-order valence-electron chi connectivity index (χ0n) is 10.6. The third-order valence-corrected chi connectivity index (χ3v) is 3.98. The van der Waals surface area contributed by atoms with E-state index in [0.717, 1.165) is 23.2 Å². The van der Waals surface area contributed by atoms with Gasteiger partial charge in [-0.3, -0.25) is 4.79 Å². The monoisotopic (exact) mass is 263 g/mol. The molecule has 18 heavy (non-hydrogen) atoms. The Morgan fingerprint density at radius 3 is 2.89 bits per heavy atom. The van der Waals surface area contributed by atoms with Gasteiger partial charge in [0.1, 0.15) is 9.71 Å². The van der Waals surface area contributed by atoms with Crippen LogP contribution in [0.15, 0.2) is 18.3 Å².